The van der Waals surface area contributed by atoms with Crippen LogP contribution in [0.3, 0.4) is 0 Å². The summed E-state index contributed by atoms with van der Waals surface area (Å²) in [5.41, 5.74) is 1.85. The average Bonchev–Trinajstić information content (AvgIpc) is 2.62. The third-order valence-corrected chi connectivity index (χ3v) is 4.86. The van der Waals surface area contributed by atoms with Crippen molar-refractivity contribution in [2.45, 2.75) is 203 Å². The number of hydrogen-bond acceptors (Lipinski definition) is 0. The van der Waals surface area contributed by atoms with Gasteiger partial charge in [0, 0.05) is 0 Å². The Morgan fingerprint density at radius 3 is 1.00 bits per heavy atom. The van der Waals surface area contributed by atoms with E-state index in [2.05, 4.69) is 95.7 Å². The average molecular weight is 531 g/mol. The van der Waals surface area contributed by atoms with Crippen LogP contribution in [-0.2, 0) is 0 Å². The van der Waals surface area contributed by atoms with E-state index < -0.39 is 0 Å². The molecule has 36 heavy (non-hydrogen) atoms. The Balaban J connectivity index is -0.0000000115. The number of hydrogen-bond donors (Lipinski definition) is 0. The molecule has 0 aliphatic heterocycles. The van der Waals surface area contributed by atoms with Crippen molar-refractivity contribution >= 4 is 0 Å². The predicted molar refractivity (Wildman–Crippen MR) is 198 cm³/mol. The summed E-state index contributed by atoms with van der Waals surface area (Å²) >= 11 is 0. The van der Waals surface area contributed by atoms with Gasteiger partial charge < -0.3 is 0 Å². The van der Waals surface area contributed by atoms with E-state index in [4.69, 9.17) is 0 Å². The lowest BCUT2D eigenvalue weighted by Crippen LogP contribution is -2.02. The van der Waals surface area contributed by atoms with Gasteiger partial charge in [0.2, 0.25) is 0 Å². The van der Waals surface area contributed by atoms with Gasteiger partial charge in [-0.2, -0.15) is 0 Å². The van der Waals surface area contributed by atoms with Crippen molar-refractivity contribution in [1.82, 2.24) is 0 Å². The molecule has 0 heterocycles. The van der Waals surface area contributed by atoms with E-state index in [-0.39, 0.29) is 81.7 Å². The molecule has 0 aromatic rings. The third kappa shape index (κ3) is 116. The van der Waals surface area contributed by atoms with Crippen molar-refractivity contribution in [3.8, 4) is 0 Å². The van der Waals surface area contributed by atoms with Crippen molar-refractivity contribution in [1.29, 1.82) is 0 Å². The highest BCUT2D eigenvalue weighted by Gasteiger charge is 2.06. The van der Waals surface area contributed by atoms with Crippen LogP contribution in [0.4, 0.5) is 0 Å². The molecule has 242 valence electrons. The van der Waals surface area contributed by atoms with Gasteiger partial charge in [0.25, 0.3) is 0 Å². The minimum atomic E-state index is 0. The van der Waals surface area contributed by atoms with Crippen molar-refractivity contribution in [2.75, 3.05) is 0 Å². The Morgan fingerprint density at radius 2 is 0.972 bits per heavy atom. The first-order valence-electron chi connectivity index (χ1n) is 10.8. The van der Waals surface area contributed by atoms with Crippen LogP contribution in [-0.4, -0.2) is 0 Å². The topological polar surface area (TPSA) is 0 Å². The van der Waals surface area contributed by atoms with Crippen LogP contribution in [0.25, 0.3) is 0 Å². The van der Waals surface area contributed by atoms with Gasteiger partial charge in [0.05, 0.1) is 0 Å². The molecule has 0 amide bonds. The number of unbranched alkanes of at least 4 members (excludes halogenated alkanes) is 1. The first-order chi connectivity index (χ1) is 11.5. The van der Waals surface area contributed by atoms with E-state index in [9.17, 15) is 0 Å². The molecule has 0 aromatic carbocycles. The molecule has 0 radical (unpaired) electrons. The van der Waals surface area contributed by atoms with E-state index >= 15 is 0 Å². The van der Waals surface area contributed by atoms with Crippen molar-refractivity contribution < 1.29 is 0 Å². The molecule has 0 fully saturated rings. The summed E-state index contributed by atoms with van der Waals surface area (Å²) < 4.78 is 0. The van der Waals surface area contributed by atoms with E-state index in [0.717, 1.165) is 11.8 Å². The minimum absolute atomic E-state index is 0. The summed E-state index contributed by atoms with van der Waals surface area (Å²) in [6.45, 7) is 30.2. The summed E-state index contributed by atoms with van der Waals surface area (Å²) in [5, 5.41) is 0. The van der Waals surface area contributed by atoms with Crippen LogP contribution in [0.15, 0.2) is 24.3 Å². The SMILES string of the molecule is C.C.C.C.C.C.C.C.C.C.C.C=CC(C)(C)CC.CCC(C)C(C)C.CCC=C(C)CC.CCCC. The largest absolute Gasteiger partial charge is 0.103 e. The molecule has 0 spiro atoms. The Labute approximate surface area is 244 Å². The standard InChI is InChI=1S/C7H14.C7H16.C7H14.C4H10.11CH4/c1-5-7(3,4)6-2;1-5-7(4)6(2)3;1-4-6-7(3)5-2;1-3-4-2;;;;;;;;;;;/h5H,1,6H2,2-4H3;6-7H,5H2,1-4H3;6H,4-5H2,1-3H3;3-4H2,1-2H3;11*1H4. The lowest BCUT2D eigenvalue weighted by molar-refractivity contribution is 0.407. The summed E-state index contributed by atoms with van der Waals surface area (Å²) in [7, 11) is 0. The maximum Gasteiger partial charge on any atom is -0.0180 e. The van der Waals surface area contributed by atoms with Gasteiger partial charge in [0.15, 0.2) is 0 Å². The maximum absolute atomic E-state index is 3.70. The Kier molecular flexibility index (Phi) is 214. The molecule has 0 heteroatoms. The van der Waals surface area contributed by atoms with Gasteiger partial charge in [-0.3, -0.25) is 0 Å². The minimum Gasteiger partial charge on any atom is -0.103 e. The Morgan fingerprint density at radius 1 is 0.667 bits per heavy atom. The summed E-state index contributed by atoms with van der Waals surface area (Å²) in [4.78, 5) is 0. The van der Waals surface area contributed by atoms with Crippen molar-refractivity contribution in [3.63, 3.8) is 0 Å². The van der Waals surface area contributed by atoms with Gasteiger partial charge in [-0.1, -0.05) is 195 Å². The highest BCUT2D eigenvalue weighted by atomic mass is 14.1. The summed E-state index contributed by atoms with van der Waals surface area (Å²) in [5.74, 6) is 1.77. The zero-order chi connectivity index (χ0) is 20.9. The van der Waals surface area contributed by atoms with Crippen LogP contribution in [0.5, 0.6) is 0 Å². The van der Waals surface area contributed by atoms with E-state index in [1.165, 1.54) is 44.1 Å². The maximum atomic E-state index is 3.70. The second kappa shape index (κ2) is 76.5. The van der Waals surface area contributed by atoms with Crippen LogP contribution in [0, 0.1) is 17.3 Å². The monoisotopic (exact) mass is 531 g/mol. The zero-order valence-electron chi connectivity index (χ0n) is 20.3. The predicted octanol–water partition coefficient (Wildman–Crippen LogP) is 16.9. The van der Waals surface area contributed by atoms with E-state index in [1.54, 1.807) is 0 Å². The number of rotatable bonds is 7. The van der Waals surface area contributed by atoms with E-state index in [0.29, 0.717) is 5.41 Å². The molecular formula is C36H98. The van der Waals surface area contributed by atoms with Crippen molar-refractivity contribution in [3.05, 3.63) is 24.3 Å². The quantitative estimate of drug-likeness (QED) is 0.287. The molecule has 0 bridgehead atoms. The van der Waals surface area contributed by atoms with Crippen LogP contribution >= 0.6 is 0 Å². The number of allylic oxidation sites excluding steroid dienone is 3. The first kappa shape index (κ1) is 101. The molecule has 0 aromatic heterocycles. The van der Waals surface area contributed by atoms with Crippen LogP contribution in [0.2, 0.25) is 0 Å². The van der Waals surface area contributed by atoms with Gasteiger partial charge >= 0.3 is 0 Å². The Hall–Kier alpha value is -0.520. The summed E-state index contributed by atoms with van der Waals surface area (Å²) in [6, 6.07) is 0. The van der Waals surface area contributed by atoms with Gasteiger partial charge in [0.1, 0.15) is 0 Å². The second-order valence-corrected chi connectivity index (χ2v) is 7.99. The van der Waals surface area contributed by atoms with Gasteiger partial charge in [-0.05, 0) is 43.4 Å². The highest BCUT2D eigenvalue weighted by molar-refractivity contribution is 4.95. The van der Waals surface area contributed by atoms with Crippen molar-refractivity contribution in [2.24, 2.45) is 17.3 Å². The van der Waals surface area contributed by atoms with Gasteiger partial charge in [-0.25, -0.2) is 0 Å². The molecule has 0 rings (SSSR count). The highest BCUT2D eigenvalue weighted by Crippen LogP contribution is 2.19. The van der Waals surface area contributed by atoms with Crippen LogP contribution < -0.4 is 0 Å². The molecule has 1 unspecified atom stereocenters. The van der Waals surface area contributed by atoms with E-state index in [1.807, 2.05) is 6.08 Å². The fraction of sp³-hybridized carbons (Fsp3) is 0.889. The van der Waals surface area contributed by atoms with Gasteiger partial charge in [-0.15, -0.1) is 6.58 Å². The van der Waals surface area contributed by atoms with Crippen LogP contribution in [0.1, 0.15) is 203 Å². The molecule has 0 aliphatic carbocycles. The summed E-state index contributed by atoms with van der Waals surface area (Å²) in [6.07, 6.45) is 11.8. The fourth-order valence-corrected chi connectivity index (χ4v) is 1.11. The molecule has 1 atom stereocenters. The Bertz CT molecular complexity index is 266. The lowest BCUT2D eigenvalue weighted by atomic mass is 9.91. The molecule has 0 nitrogen and oxygen atoms in total. The normalized spacial score (nSPS) is 8.31. The zero-order valence-corrected chi connectivity index (χ0v) is 20.3. The fourth-order valence-electron chi connectivity index (χ4n) is 1.11. The first-order valence-corrected chi connectivity index (χ1v) is 10.8. The molecular weight excluding hydrogens is 432 g/mol. The molecule has 0 N–H and O–H groups in total. The molecule has 0 saturated carbocycles. The third-order valence-electron chi connectivity index (χ3n) is 4.86. The smallest absolute Gasteiger partial charge is 0.0180 e. The molecule has 0 saturated heterocycles. The second-order valence-electron chi connectivity index (χ2n) is 7.99. The lowest BCUT2D eigenvalue weighted by Gasteiger charge is -2.14. The molecule has 0 aliphatic rings.